The number of nitrogens with one attached hydrogen (secondary N) is 1. The molecule has 0 bridgehead atoms. The van der Waals surface area contributed by atoms with E-state index in [9.17, 15) is 13.2 Å². The number of amides is 1. The van der Waals surface area contributed by atoms with Gasteiger partial charge in [-0.2, -0.15) is 4.31 Å². The van der Waals surface area contributed by atoms with Crippen molar-refractivity contribution in [1.82, 2.24) is 9.21 Å². The van der Waals surface area contributed by atoms with Crippen molar-refractivity contribution in [3.63, 3.8) is 0 Å². The summed E-state index contributed by atoms with van der Waals surface area (Å²) in [6.07, 6.45) is 5.14. The molecule has 2 aromatic rings. The molecule has 2 fully saturated rings. The van der Waals surface area contributed by atoms with E-state index in [4.69, 9.17) is 4.74 Å². The highest BCUT2D eigenvalue weighted by molar-refractivity contribution is 7.89. The van der Waals surface area contributed by atoms with Gasteiger partial charge in [0.1, 0.15) is 10.6 Å². The lowest BCUT2D eigenvalue weighted by atomic mass is 9.96. The number of rotatable bonds is 8. The Morgan fingerprint density at radius 1 is 1.18 bits per heavy atom. The van der Waals surface area contributed by atoms with Crippen LogP contribution in [0.1, 0.15) is 49.1 Å². The van der Waals surface area contributed by atoms with Gasteiger partial charge >= 0.3 is 0 Å². The third kappa shape index (κ3) is 4.69. The summed E-state index contributed by atoms with van der Waals surface area (Å²) in [6.45, 7) is 4.42. The number of hydrogen-bond acceptors (Lipinski definition) is 6. The predicted molar refractivity (Wildman–Crippen MR) is 129 cm³/mol. The van der Waals surface area contributed by atoms with E-state index in [0.717, 1.165) is 25.8 Å². The first-order valence-electron chi connectivity index (χ1n) is 11.8. The minimum absolute atomic E-state index is 0.118. The van der Waals surface area contributed by atoms with Crippen molar-refractivity contribution in [2.45, 2.75) is 50.0 Å². The van der Waals surface area contributed by atoms with Crippen LogP contribution in [0.15, 0.2) is 34.5 Å². The zero-order valence-corrected chi connectivity index (χ0v) is 20.6. The Morgan fingerprint density at radius 2 is 1.97 bits per heavy atom. The SMILES string of the molecule is CCOc1ccc(NC(=O)CN2CCc3sccc3[C@H]2C2CC2)cc1S(=O)(=O)N1CCCC1. The first-order chi connectivity index (χ1) is 16.0. The van der Waals surface area contributed by atoms with Gasteiger partial charge in [-0.15, -0.1) is 11.3 Å². The number of ether oxygens (including phenoxy) is 1. The number of thiophene rings is 1. The number of nitrogens with zero attached hydrogens (tertiary/aromatic N) is 2. The van der Waals surface area contributed by atoms with Crippen molar-refractivity contribution in [2.75, 3.05) is 38.1 Å². The molecule has 1 aliphatic carbocycles. The topological polar surface area (TPSA) is 79.0 Å². The zero-order chi connectivity index (χ0) is 23.0. The molecule has 1 N–H and O–H groups in total. The van der Waals surface area contributed by atoms with Crippen LogP contribution in [-0.4, -0.2) is 56.3 Å². The van der Waals surface area contributed by atoms with Gasteiger partial charge in [0, 0.05) is 36.2 Å². The molecule has 1 saturated heterocycles. The van der Waals surface area contributed by atoms with Crippen LogP contribution in [-0.2, 0) is 21.2 Å². The van der Waals surface area contributed by atoms with E-state index in [1.54, 1.807) is 18.2 Å². The van der Waals surface area contributed by atoms with Gasteiger partial charge < -0.3 is 10.1 Å². The van der Waals surface area contributed by atoms with Crippen LogP contribution in [0.2, 0.25) is 0 Å². The number of carbonyl (C=O) groups is 1. The van der Waals surface area contributed by atoms with E-state index < -0.39 is 10.0 Å². The number of hydrogen-bond donors (Lipinski definition) is 1. The molecule has 0 spiro atoms. The summed E-state index contributed by atoms with van der Waals surface area (Å²) in [7, 11) is -3.67. The molecule has 3 heterocycles. The Bertz CT molecular complexity index is 1120. The maximum atomic E-state index is 13.2. The fraction of sp³-hybridized carbons (Fsp3) is 0.542. The summed E-state index contributed by atoms with van der Waals surface area (Å²) >= 11 is 1.82. The largest absolute Gasteiger partial charge is 0.492 e. The van der Waals surface area contributed by atoms with Gasteiger partial charge in [0.25, 0.3) is 0 Å². The first-order valence-corrected chi connectivity index (χ1v) is 14.2. The lowest BCUT2D eigenvalue weighted by Crippen LogP contribution is -2.41. The Hall–Kier alpha value is -1.94. The molecule has 9 heteroatoms. The molecule has 1 saturated carbocycles. The highest BCUT2D eigenvalue weighted by Gasteiger charge is 2.40. The lowest BCUT2D eigenvalue weighted by molar-refractivity contribution is -0.118. The minimum atomic E-state index is -3.67. The molecule has 1 aromatic heterocycles. The normalized spacial score (nSPS) is 21.7. The third-order valence-corrected chi connectivity index (χ3v) is 9.66. The average molecular weight is 490 g/mol. The summed E-state index contributed by atoms with van der Waals surface area (Å²) in [5.41, 5.74) is 1.87. The molecule has 1 amide bonds. The fourth-order valence-corrected chi connectivity index (χ4v) is 7.64. The quantitative estimate of drug-likeness (QED) is 0.609. The number of sulfonamides is 1. The maximum absolute atomic E-state index is 13.2. The van der Waals surface area contributed by atoms with E-state index in [1.165, 1.54) is 27.6 Å². The van der Waals surface area contributed by atoms with Crippen LogP contribution in [0.3, 0.4) is 0 Å². The van der Waals surface area contributed by atoms with Crippen LogP contribution in [0, 0.1) is 5.92 Å². The van der Waals surface area contributed by atoms with Gasteiger partial charge in [-0.05, 0) is 80.2 Å². The molecule has 5 rings (SSSR count). The van der Waals surface area contributed by atoms with Crippen LogP contribution < -0.4 is 10.1 Å². The Balaban J connectivity index is 1.33. The minimum Gasteiger partial charge on any atom is -0.492 e. The molecular formula is C24H31N3O4S2. The van der Waals surface area contributed by atoms with E-state index in [-0.39, 0.29) is 10.8 Å². The number of carbonyl (C=O) groups excluding carboxylic acids is 1. The predicted octanol–water partition coefficient (Wildman–Crippen LogP) is 3.88. The van der Waals surface area contributed by atoms with Crippen molar-refractivity contribution in [3.05, 3.63) is 40.1 Å². The summed E-state index contributed by atoms with van der Waals surface area (Å²) in [4.78, 5) is 16.9. The Morgan fingerprint density at radius 3 is 2.70 bits per heavy atom. The molecule has 3 aliphatic rings. The van der Waals surface area contributed by atoms with Crippen molar-refractivity contribution in [2.24, 2.45) is 5.92 Å². The molecule has 1 aromatic carbocycles. The van der Waals surface area contributed by atoms with Crippen molar-refractivity contribution < 1.29 is 17.9 Å². The summed E-state index contributed by atoms with van der Waals surface area (Å²) in [6, 6.07) is 7.44. The smallest absolute Gasteiger partial charge is 0.246 e. The molecule has 7 nitrogen and oxygen atoms in total. The van der Waals surface area contributed by atoms with Crippen molar-refractivity contribution in [1.29, 1.82) is 0 Å². The number of anilines is 1. The van der Waals surface area contributed by atoms with E-state index in [2.05, 4.69) is 21.7 Å². The highest BCUT2D eigenvalue weighted by Crippen LogP contribution is 2.48. The molecular weight excluding hydrogens is 458 g/mol. The molecule has 0 unspecified atom stereocenters. The molecule has 0 radical (unpaired) electrons. The molecule has 33 heavy (non-hydrogen) atoms. The van der Waals surface area contributed by atoms with Crippen molar-refractivity contribution >= 4 is 33.0 Å². The number of fused-ring (bicyclic) bond motifs is 1. The Labute approximate surface area is 199 Å². The molecule has 2 aliphatic heterocycles. The summed E-state index contributed by atoms with van der Waals surface area (Å²) < 4.78 is 33.6. The fourth-order valence-electron chi connectivity index (χ4n) is 5.05. The molecule has 1 atom stereocenters. The van der Waals surface area contributed by atoms with Crippen molar-refractivity contribution in [3.8, 4) is 5.75 Å². The van der Waals surface area contributed by atoms with Gasteiger partial charge in [-0.3, -0.25) is 9.69 Å². The summed E-state index contributed by atoms with van der Waals surface area (Å²) in [5.74, 6) is 0.847. The van der Waals surface area contributed by atoms with Crippen LogP contribution in [0.25, 0.3) is 0 Å². The molecule has 178 valence electrons. The first kappa shape index (κ1) is 22.8. The van der Waals surface area contributed by atoms with Gasteiger partial charge in [0.2, 0.25) is 15.9 Å². The zero-order valence-electron chi connectivity index (χ0n) is 19.0. The highest BCUT2D eigenvalue weighted by atomic mass is 32.2. The van der Waals surface area contributed by atoms with Crippen LogP contribution in [0.5, 0.6) is 5.75 Å². The second-order valence-corrected chi connectivity index (χ2v) is 12.0. The van der Waals surface area contributed by atoms with E-state index in [0.29, 0.717) is 49.6 Å². The van der Waals surface area contributed by atoms with Gasteiger partial charge in [0.05, 0.1) is 13.2 Å². The van der Waals surface area contributed by atoms with E-state index in [1.807, 2.05) is 18.3 Å². The maximum Gasteiger partial charge on any atom is 0.246 e. The summed E-state index contributed by atoms with van der Waals surface area (Å²) in [5, 5.41) is 5.10. The number of benzene rings is 1. The standard InChI is InChI=1S/C24H31N3O4S2/c1-2-31-20-8-7-18(15-22(20)33(29,30)27-11-3-4-12-27)25-23(28)16-26-13-9-21-19(10-14-32-21)24(26)17-5-6-17/h7-8,10,14-15,17,24H,2-6,9,11-13,16H2,1H3,(H,25,28)/t24-/m1/s1. The monoisotopic (exact) mass is 489 g/mol. The van der Waals surface area contributed by atoms with Gasteiger partial charge in [-0.1, -0.05) is 0 Å². The second kappa shape index (κ2) is 9.37. The van der Waals surface area contributed by atoms with Gasteiger partial charge in [0.15, 0.2) is 0 Å². The lowest BCUT2D eigenvalue weighted by Gasteiger charge is -2.35. The second-order valence-electron chi connectivity index (χ2n) is 9.06. The average Bonchev–Trinajstić information content (AvgIpc) is 3.25. The van der Waals surface area contributed by atoms with Gasteiger partial charge in [-0.25, -0.2) is 8.42 Å². The van der Waals surface area contributed by atoms with Crippen LogP contribution in [0.4, 0.5) is 5.69 Å². The Kier molecular flexibility index (Phi) is 6.48. The van der Waals surface area contributed by atoms with E-state index >= 15 is 0 Å². The third-order valence-electron chi connectivity index (χ3n) is 6.74. The van der Waals surface area contributed by atoms with Crippen LogP contribution >= 0.6 is 11.3 Å².